The van der Waals surface area contributed by atoms with Crippen molar-refractivity contribution in [1.82, 2.24) is 15.0 Å². The second-order valence-corrected chi connectivity index (χ2v) is 3.70. The van der Waals surface area contributed by atoms with Gasteiger partial charge in [0.15, 0.2) is 5.69 Å². The fraction of sp³-hybridized carbons (Fsp3) is 0.182. The van der Waals surface area contributed by atoms with E-state index in [9.17, 15) is 18.0 Å². The Kier molecular flexibility index (Phi) is 3.35. The van der Waals surface area contributed by atoms with E-state index < -0.39 is 23.5 Å². The quantitative estimate of drug-likeness (QED) is 0.934. The van der Waals surface area contributed by atoms with Crippen molar-refractivity contribution >= 4 is 5.97 Å². The number of methoxy groups -OCH3 is 1. The highest BCUT2D eigenvalue weighted by atomic mass is 19.4. The first-order valence-electron chi connectivity index (χ1n) is 5.25. The number of benzene rings is 1. The van der Waals surface area contributed by atoms with Gasteiger partial charge in [-0.25, -0.2) is 9.48 Å². The number of hydrogen-bond acceptors (Lipinski definition) is 4. The number of carboxylic acids is 1. The average Bonchev–Trinajstić information content (AvgIpc) is 2.83. The Labute approximate surface area is 110 Å². The van der Waals surface area contributed by atoms with Crippen molar-refractivity contribution in [3.05, 3.63) is 35.7 Å². The molecule has 0 bridgehead atoms. The summed E-state index contributed by atoms with van der Waals surface area (Å²) in [5, 5.41) is 15.1. The number of rotatable bonds is 3. The van der Waals surface area contributed by atoms with Crippen LogP contribution in [0.1, 0.15) is 16.2 Å². The molecule has 9 heteroatoms. The Hall–Kier alpha value is -2.58. The molecule has 1 aromatic carbocycles. The zero-order valence-corrected chi connectivity index (χ0v) is 10.0. The molecule has 0 saturated carbocycles. The summed E-state index contributed by atoms with van der Waals surface area (Å²) in [5.41, 5.74) is -2.45. The minimum atomic E-state index is -4.89. The summed E-state index contributed by atoms with van der Waals surface area (Å²) in [6.07, 6.45) is -4.89. The van der Waals surface area contributed by atoms with Crippen LogP contribution >= 0.6 is 0 Å². The van der Waals surface area contributed by atoms with Crippen LogP contribution in [-0.4, -0.2) is 33.2 Å². The van der Waals surface area contributed by atoms with Crippen molar-refractivity contribution in [2.75, 3.05) is 7.11 Å². The Bertz CT molecular complexity index is 635. The second kappa shape index (κ2) is 4.83. The number of ether oxygens (including phenoxy) is 1. The predicted molar refractivity (Wildman–Crippen MR) is 59.9 cm³/mol. The number of aromatic carboxylic acids is 1. The van der Waals surface area contributed by atoms with E-state index in [1.165, 1.54) is 31.4 Å². The maximum atomic E-state index is 12.7. The fourth-order valence-electron chi connectivity index (χ4n) is 1.57. The lowest BCUT2D eigenvalue weighted by Crippen LogP contribution is -2.15. The third-order valence-corrected chi connectivity index (χ3v) is 2.46. The van der Waals surface area contributed by atoms with Crippen molar-refractivity contribution in [3.63, 3.8) is 0 Å². The van der Waals surface area contributed by atoms with Crippen molar-refractivity contribution in [2.24, 2.45) is 0 Å². The minimum Gasteiger partial charge on any atom is -0.497 e. The van der Waals surface area contributed by atoms with Crippen LogP contribution in [0.15, 0.2) is 24.3 Å². The predicted octanol–water partition coefficient (Wildman–Crippen LogP) is 1.99. The van der Waals surface area contributed by atoms with Crippen LogP contribution in [-0.2, 0) is 6.18 Å². The summed E-state index contributed by atoms with van der Waals surface area (Å²) in [4.78, 5) is 11.0. The summed E-state index contributed by atoms with van der Waals surface area (Å²) in [5.74, 6) is -1.29. The third kappa shape index (κ3) is 2.42. The summed E-state index contributed by atoms with van der Waals surface area (Å²) in [6, 6.07) is 5.69. The summed E-state index contributed by atoms with van der Waals surface area (Å²) in [6.45, 7) is 0. The van der Waals surface area contributed by atoms with Gasteiger partial charge < -0.3 is 9.84 Å². The molecule has 0 amide bonds. The fourth-order valence-corrected chi connectivity index (χ4v) is 1.57. The number of alkyl halides is 3. The van der Waals surface area contributed by atoms with E-state index in [1.807, 2.05) is 0 Å². The minimum absolute atomic E-state index is 0.131. The van der Waals surface area contributed by atoms with E-state index in [2.05, 4.69) is 10.3 Å². The first-order chi connectivity index (χ1) is 9.34. The molecule has 2 rings (SSSR count). The maximum absolute atomic E-state index is 12.7. The maximum Gasteiger partial charge on any atom is 0.437 e. The van der Waals surface area contributed by atoms with Gasteiger partial charge in [0.1, 0.15) is 5.75 Å². The number of hydrogen-bond donors (Lipinski definition) is 1. The molecule has 0 spiro atoms. The number of aromatic nitrogens is 3. The van der Waals surface area contributed by atoms with Crippen LogP contribution in [0.2, 0.25) is 0 Å². The summed E-state index contributed by atoms with van der Waals surface area (Å²) in [7, 11) is 1.43. The van der Waals surface area contributed by atoms with E-state index in [-0.39, 0.29) is 5.69 Å². The Balaban J connectivity index is 2.56. The van der Waals surface area contributed by atoms with E-state index in [1.54, 1.807) is 0 Å². The Morgan fingerprint density at radius 2 is 1.90 bits per heavy atom. The van der Waals surface area contributed by atoms with Crippen LogP contribution in [0.4, 0.5) is 13.2 Å². The molecular formula is C11H8F3N3O3. The molecule has 1 N–H and O–H groups in total. The molecule has 0 unspecified atom stereocenters. The van der Waals surface area contributed by atoms with Gasteiger partial charge >= 0.3 is 12.1 Å². The first kappa shape index (κ1) is 13.8. The van der Waals surface area contributed by atoms with Gasteiger partial charge in [-0.1, -0.05) is 5.21 Å². The van der Waals surface area contributed by atoms with Crippen LogP contribution in [0.5, 0.6) is 5.75 Å². The zero-order valence-electron chi connectivity index (χ0n) is 10.0. The highest BCUT2D eigenvalue weighted by Crippen LogP contribution is 2.31. The van der Waals surface area contributed by atoms with Gasteiger partial charge in [0, 0.05) is 0 Å². The smallest absolute Gasteiger partial charge is 0.437 e. The number of nitrogens with zero attached hydrogens (tertiary/aromatic N) is 3. The topological polar surface area (TPSA) is 77.2 Å². The average molecular weight is 287 g/mol. The normalized spacial score (nSPS) is 11.4. The number of carbonyl (C=O) groups is 1. The molecule has 0 radical (unpaired) electrons. The van der Waals surface area contributed by atoms with Crippen LogP contribution < -0.4 is 4.74 Å². The van der Waals surface area contributed by atoms with Gasteiger partial charge in [-0.05, 0) is 24.3 Å². The zero-order chi connectivity index (χ0) is 14.9. The highest BCUT2D eigenvalue weighted by Gasteiger charge is 2.41. The van der Waals surface area contributed by atoms with Gasteiger partial charge in [0.2, 0.25) is 5.69 Å². The molecule has 0 fully saturated rings. The Morgan fingerprint density at radius 1 is 1.30 bits per heavy atom. The van der Waals surface area contributed by atoms with E-state index in [0.717, 1.165) is 0 Å². The molecule has 1 heterocycles. The van der Waals surface area contributed by atoms with Gasteiger partial charge in [-0.3, -0.25) is 0 Å². The second-order valence-electron chi connectivity index (χ2n) is 3.70. The van der Waals surface area contributed by atoms with Crippen molar-refractivity contribution in [3.8, 4) is 11.4 Å². The van der Waals surface area contributed by atoms with Crippen LogP contribution in [0.25, 0.3) is 5.69 Å². The van der Waals surface area contributed by atoms with Gasteiger partial charge in [0.05, 0.1) is 12.8 Å². The monoisotopic (exact) mass is 287 g/mol. The summed E-state index contributed by atoms with van der Waals surface area (Å²) >= 11 is 0. The van der Waals surface area contributed by atoms with Crippen molar-refractivity contribution < 1.29 is 27.8 Å². The number of carboxylic acid groups (broad SMARTS) is 1. The molecular weight excluding hydrogens is 279 g/mol. The molecule has 0 aliphatic heterocycles. The molecule has 1 aromatic heterocycles. The molecule has 0 aliphatic carbocycles. The lowest BCUT2D eigenvalue weighted by Gasteiger charge is -2.06. The first-order valence-corrected chi connectivity index (χ1v) is 5.25. The van der Waals surface area contributed by atoms with Gasteiger partial charge in [-0.15, -0.1) is 5.10 Å². The lowest BCUT2D eigenvalue weighted by atomic mass is 10.2. The molecule has 20 heavy (non-hydrogen) atoms. The number of halogens is 3. The molecule has 0 atom stereocenters. The van der Waals surface area contributed by atoms with Gasteiger partial charge in [0.25, 0.3) is 0 Å². The van der Waals surface area contributed by atoms with Crippen LogP contribution in [0, 0.1) is 0 Å². The highest BCUT2D eigenvalue weighted by molar-refractivity contribution is 5.87. The molecule has 6 nitrogen and oxygen atoms in total. The summed E-state index contributed by atoms with van der Waals surface area (Å²) < 4.78 is 43.5. The van der Waals surface area contributed by atoms with Crippen molar-refractivity contribution in [2.45, 2.75) is 6.18 Å². The largest absolute Gasteiger partial charge is 0.497 e. The molecule has 106 valence electrons. The van der Waals surface area contributed by atoms with E-state index in [4.69, 9.17) is 9.84 Å². The third-order valence-electron chi connectivity index (χ3n) is 2.46. The van der Waals surface area contributed by atoms with Crippen molar-refractivity contribution in [1.29, 1.82) is 0 Å². The molecule has 2 aromatic rings. The molecule has 0 aliphatic rings. The van der Waals surface area contributed by atoms with E-state index in [0.29, 0.717) is 10.4 Å². The SMILES string of the molecule is COc1ccc(-n2nnc(C(F)(F)F)c2C(=O)O)cc1. The van der Waals surface area contributed by atoms with Gasteiger partial charge in [-0.2, -0.15) is 13.2 Å². The standard InChI is InChI=1S/C11H8F3N3O3/c1-20-7-4-2-6(3-5-7)17-8(10(18)19)9(15-16-17)11(12,13)14/h2-5H,1H3,(H,18,19). The molecule has 0 saturated heterocycles. The van der Waals surface area contributed by atoms with Crippen LogP contribution in [0.3, 0.4) is 0 Å². The van der Waals surface area contributed by atoms with E-state index >= 15 is 0 Å². The lowest BCUT2D eigenvalue weighted by molar-refractivity contribution is -0.141. The Morgan fingerprint density at radius 3 is 2.35 bits per heavy atom.